The molecular weight excluding hydrogens is 218 g/mol. The Balaban J connectivity index is 2.39. The first-order valence-corrected chi connectivity index (χ1v) is 5.67. The minimum absolute atomic E-state index is 0.300. The molecule has 4 nitrogen and oxygen atoms in total. The van der Waals surface area contributed by atoms with Crippen LogP contribution in [0.25, 0.3) is 0 Å². The predicted molar refractivity (Wildman–Crippen MR) is 67.0 cm³/mol. The van der Waals surface area contributed by atoms with Crippen molar-refractivity contribution < 1.29 is 14.3 Å². The Kier molecular flexibility index (Phi) is 5.49. The first-order chi connectivity index (χ1) is 8.15. The van der Waals surface area contributed by atoms with Crippen molar-refractivity contribution in [3.05, 3.63) is 29.3 Å². The second-order valence-corrected chi connectivity index (χ2v) is 3.91. The summed E-state index contributed by atoms with van der Waals surface area (Å²) in [5, 5.41) is 0. The second kappa shape index (κ2) is 6.91. The van der Waals surface area contributed by atoms with Crippen LogP contribution in [-0.2, 0) is 9.47 Å². The number of ether oxygens (including phenoxy) is 2. The molecular formula is C13H19NO3. The molecule has 17 heavy (non-hydrogen) atoms. The Labute approximate surface area is 102 Å². The van der Waals surface area contributed by atoms with Gasteiger partial charge in [0.15, 0.2) is 0 Å². The van der Waals surface area contributed by atoms with Crippen LogP contribution >= 0.6 is 0 Å². The van der Waals surface area contributed by atoms with E-state index in [2.05, 4.69) is 0 Å². The average Bonchev–Trinajstić information content (AvgIpc) is 2.32. The summed E-state index contributed by atoms with van der Waals surface area (Å²) in [4.78, 5) is 11.6. The molecule has 1 rings (SSSR count). The van der Waals surface area contributed by atoms with Gasteiger partial charge < -0.3 is 15.2 Å². The lowest BCUT2D eigenvalue weighted by atomic mass is 10.1. The maximum absolute atomic E-state index is 11.6. The molecule has 2 N–H and O–H groups in total. The van der Waals surface area contributed by atoms with Gasteiger partial charge in [0.2, 0.25) is 0 Å². The number of carbonyl (C=O) groups is 1. The predicted octanol–water partition coefficient (Wildman–Crippen LogP) is 2.16. The lowest BCUT2D eigenvalue weighted by Gasteiger charge is -2.06. The molecule has 0 aromatic heterocycles. The van der Waals surface area contributed by atoms with E-state index in [1.54, 1.807) is 25.3 Å². The number of hydrogen-bond donors (Lipinski definition) is 1. The number of rotatable bonds is 6. The van der Waals surface area contributed by atoms with Crippen LogP contribution < -0.4 is 5.73 Å². The highest BCUT2D eigenvalue weighted by Crippen LogP contribution is 2.13. The van der Waals surface area contributed by atoms with Crippen LogP contribution in [0.2, 0.25) is 0 Å². The lowest BCUT2D eigenvalue weighted by molar-refractivity contribution is 0.0489. The van der Waals surface area contributed by atoms with Crippen LogP contribution in [0.3, 0.4) is 0 Å². The van der Waals surface area contributed by atoms with E-state index in [1.807, 2.05) is 6.92 Å². The molecule has 0 aliphatic carbocycles. The molecule has 0 unspecified atom stereocenters. The van der Waals surface area contributed by atoms with E-state index in [9.17, 15) is 4.79 Å². The van der Waals surface area contributed by atoms with E-state index >= 15 is 0 Å². The fourth-order valence-corrected chi connectivity index (χ4v) is 1.40. The van der Waals surface area contributed by atoms with Gasteiger partial charge >= 0.3 is 5.97 Å². The molecule has 4 heteroatoms. The zero-order chi connectivity index (χ0) is 12.7. The standard InChI is InChI=1S/C13H19NO3/c1-10-9-11(5-6-12(10)14)13(15)17-8-4-3-7-16-2/h5-6,9H,3-4,7-8,14H2,1-2H3. The third kappa shape index (κ3) is 4.44. The molecule has 0 spiro atoms. The summed E-state index contributed by atoms with van der Waals surface area (Å²) in [5.41, 5.74) is 7.79. The highest BCUT2D eigenvalue weighted by Gasteiger charge is 2.07. The highest BCUT2D eigenvalue weighted by molar-refractivity contribution is 5.90. The largest absolute Gasteiger partial charge is 0.462 e. The van der Waals surface area contributed by atoms with E-state index in [-0.39, 0.29) is 5.97 Å². The van der Waals surface area contributed by atoms with Crippen LogP contribution in [0.15, 0.2) is 18.2 Å². The number of nitrogens with two attached hydrogens (primary N) is 1. The third-order valence-corrected chi connectivity index (χ3v) is 2.48. The maximum atomic E-state index is 11.6. The molecule has 0 radical (unpaired) electrons. The quantitative estimate of drug-likeness (QED) is 0.468. The molecule has 0 fully saturated rings. The smallest absolute Gasteiger partial charge is 0.338 e. The fourth-order valence-electron chi connectivity index (χ4n) is 1.40. The van der Waals surface area contributed by atoms with Gasteiger partial charge in [-0.3, -0.25) is 0 Å². The highest BCUT2D eigenvalue weighted by atomic mass is 16.5. The van der Waals surface area contributed by atoms with Crippen LogP contribution in [0.1, 0.15) is 28.8 Å². The van der Waals surface area contributed by atoms with Gasteiger partial charge in [0.05, 0.1) is 12.2 Å². The van der Waals surface area contributed by atoms with E-state index in [1.165, 1.54) is 0 Å². The maximum Gasteiger partial charge on any atom is 0.338 e. The number of anilines is 1. The van der Waals surface area contributed by atoms with Gasteiger partial charge in [-0.1, -0.05) is 0 Å². The molecule has 0 saturated carbocycles. The van der Waals surface area contributed by atoms with Gasteiger partial charge in [-0.15, -0.1) is 0 Å². The first kappa shape index (κ1) is 13.5. The monoisotopic (exact) mass is 237 g/mol. The summed E-state index contributed by atoms with van der Waals surface area (Å²) in [6, 6.07) is 5.14. The second-order valence-electron chi connectivity index (χ2n) is 3.91. The van der Waals surface area contributed by atoms with Crippen molar-refractivity contribution in [3.8, 4) is 0 Å². The zero-order valence-electron chi connectivity index (χ0n) is 10.4. The third-order valence-electron chi connectivity index (χ3n) is 2.48. The Morgan fingerprint density at radius 3 is 2.65 bits per heavy atom. The summed E-state index contributed by atoms with van der Waals surface area (Å²) in [5.74, 6) is -0.300. The topological polar surface area (TPSA) is 61.5 Å². The van der Waals surface area contributed by atoms with E-state index in [0.29, 0.717) is 24.5 Å². The van der Waals surface area contributed by atoms with Crippen molar-refractivity contribution in [3.63, 3.8) is 0 Å². The Hall–Kier alpha value is -1.55. The van der Waals surface area contributed by atoms with Gasteiger partial charge in [-0.2, -0.15) is 0 Å². The number of esters is 1. The average molecular weight is 237 g/mol. The SMILES string of the molecule is COCCCCOC(=O)c1ccc(N)c(C)c1. The van der Waals surface area contributed by atoms with Gasteiger partial charge in [0.25, 0.3) is 0 Å². The first-order valence-electron chi connectivity index (χ1n) is 5.67. The van der Waals surface area contributed by atoms with Crippen molar-refractivity contribution in [1.82, 2.24) is 0 Å². The van der Waals surface area contributed by atoms with Crippen LogP contribution in [-0.4, -0.2) is 26.3 Å². The normalized spacial score (nSPS) is 10.2. The molecule has 0 saturated heterocycles. The number of benzene rings is 1. The Morgan fingerprint density at radius 2 is 2.00 bits per heavy atom. The van der Waals surface area contributed by atoms with Crippen LogP contribution in [0.4, 0.5) is 5.69 Å². The van der Waals surface area contributed by atoms with Gasteiger partial charge in [0, 0.05) is 19.4 Å². The van der Waals surface area contributed by atoms with Crippen LogP contribution in [0, 0.1) is 6.92 Å². The molecule has 0 aliphatic heterocycles. The van der Waals surface area contributed by atoms with Crippen LogP contribution in [0.5, 0.6) is 0 Å². The van der Waals surface area contributed by atoms with E-state index in [4.69, 9.17) is 15.2 Å². The van der Waals surface area contributed by atoms with Gasteiger partial charge in [-0.25, -0.2) is 4.79 Å². The molecule has 94 valence electrons. The minimum Gasteiger partial charge on any atom is -0.462 e. The van der Waals surface area contributed by atoms with Crippen molar-refractivity contribution in [2.75, 3.05) is 26.1 Å². The number of unbranched alkanes of at least 4 members (excludes halogenated alkanes) is 1. The van der Waals surface area contributed by atoms with Gasteiger partial charge in [0.1, 0.15) is 0 Å². The lowest BCUT2D eigenvalue weighted by Crippen LogP contribution is -2.07. The molecule has 0 atom stereocenters. The summed E-state index contributed by atoms with van der Waals surface area (Å²) in [7, 11) is 1.66. The Morgan fingerprint density at radius 1 is 1.29 bits per heavy atom. The Bertz CT molecular complexity index is 377. The van der Waals surface area contributed by atoms with Gasteiger partial charge in [-0.05, 0) is 43.5 Å². The summed E-state index contributed by atoms with van der Waals surface area (Å²) >= 11 is 0. The summed E-state index contributed by atoms with van der Waals surface area (Å²) < 4.78 is 10.0. The number of hydrogen-bond acceptors (Lipinski definition) is 4. The number of carbonyl (C=O) groups excluding carboxylic acids is 1. The molecule has 0 bridgehead atoms. The van der Waals surface area contributed by atoms with E-state index < -0.39 is 0 Å². The molecule has 0 amide bonds. The number of nitrogen functional groups attached to an aromatic ring is 1. The summed E-state index contributed by atoms with van der Waals surface area (Å²) in [6.45, 7) is 2.98. The number of methoxy groups -OCH3 is 1. The fraction of sp³-hybridized carbons (Fsp3) is 0.462. The van der Waals surface area contributed by atoms with E-state index in [0.717, 1.165) is 18.4 Å². The zero-order valence-corrected chi connectivity index (χ0v) is 10.4. The van der Waals surface area contributed by atoms with Crippen molar-refractivity contribution in [2.45, 2.75) is 19.8 Å². The number of aryl methyl sites for hydroxylation is 1. The van der Waals surface area contributed by atoms with Crippen molar-refractivity contribution >= 4 is 11.7 Å². The summed E-state index contributed by atoms with van der Waals surface area (Å²) in [6.07, 6.45) is 1.71. The van der Waals surface area contributed by atoms with Crippen molar-refractivity contribution in [2.24, 2.45) is 0 Å². The molecule has 0 heterocycles. The molecule has 0 aliphatic rings. The minimum atomic E-state index is -0.300. The van der Waals surface area contributed by atoms with Crippen molar-refractivity contribution in [1.29, 1.82) is 0 Å². The molecule has 1 aromatic rings. The molecule has 1 aromatic carbocycles.